The first-order chi connectivity index (χ1) is 7.69. The van der Waals surface area contributed by atoms with Crippen LogP contribution in [0.25, 0.3) is 0 Å². The highest BCUT2D eigenvalue weighted by molar-refractivity contribution is 5.23. The fourth-order valence-corrected chi connectivity index (χ4v) is 1.39. The SMILES string of the molecule is Cc1cc(Oc2cccc(CO)n2)n(C)n1. The molecule has 0 saturated heterocycles. The van der Waals surface area contributed by atoms with Gasteiger partial charge in [0.1, 0.15) is 0 Å². The summed E-state index contributed by atoms with van der Waals surface area (Å²) in [5.74, 6) is 1.08. The van der Waals surface area contributed by atoms with Crippen molar-refractivity contribution < 1.29 is 9.84 Å². The molecule has 16 heavy (non-hydrogen) atoms. The summed E-state index contributed by atoms with van der Waals surface area (Å²) in [5, 5.41) is 13.1. The van der Waals surface area contributed by atoms with Crippen molar-refractivity contribution in [2.75, 3.05) is 0 Å². The van der Waals surface area contributed by atoms with Crippen molar-refractivity contribution in [3.63, 3.8) is 0 Å². The molecule has 0 amide bonds. The smallest absolute Gasteiger partial charge is 0.221 e. The van der Waals surface area contributed by atoms with E-state index in [-0.39, 0.29) is 6.61 Å². The van der Waals surface area contributed by atoms with Crippen molar-refractivity contribution in [1.82, 2.24) is 14.8 Å². The van der Waals surface area contributed by atoms with Gasteiger partial charge in [-0.15, -0.1) is 0 Å². The highest BCUT2D eigenvalue weighted by atomic mass is 16.5. The van der Waals surface area contributed by atoms with Crippen LogP contribution >= 0.6 is 0 Å². The monoisotopic (exact) mass is 219 g/mol. The maximum Gasteiger partial charge on any atom is 0.221 e. The van der Waals surface area contributed by atoms with Gasteiger partial charge in [-0.25, -0.2) is 9.67 Å². The second-order valence-corrected chi connectivity index (χ2v) is 3.47. The molecular formula is C11H13N3O2. The van der Waals surface area contributed by atoms with Crippen LogP contribution in [0, 0.1) is 6.92 Å². The molecule has 0 aliphatic carbocycles. The van der Waals surface area contributed by atoms with E-state index in [1.165, 1.54) is 0 Å². The van der Waals surface area contributed by atoms with Crippen LogP contribution in [0.4, 0.5) is 0 Å². The summed E-state index contributed by atoms with van der Waals surface area (Å²) < 4.78 is 7.19. The lowest BCUT2D eigenvalue weighted by Gasteiger charge is -2.04. The molecule has 1 N–H and O–H groups in total. The minimum atomic E-state index is -0.0956. The number of aromatic nitrogens is 3. The summed E-state index contributed by atoms with van der Waals surface area (Å²) in [6.07, 6.45) is 0. The third-order valence-corrected chi connectivity index (χ3v) is 2.11. The van der Waals surface area contributed by atoms with Crippen LogP contribution in [0.1, 0.15) is 11.4 Å². The van der Waals surface area contributed by atoms with Crippen LogP contribution in [0.15, 0.2) is 24.3 Å². The van der Waals surface area contributed by atoms with Crippen molar-refractivity contribution in [2.45, 2.75) is 13.5 Å². The third kappa shape index (κ3) is 2.20. The van der Waals surface area contributed by atoms with Crippen LogP contribution in [-0.4, -0.2) is 19.9 Å². The van der Waals surface area contributed by atoms with Crippen molar-refractivity contribution in [1.29, 1.82) is 0 Å². The predicted octanol–water partition coefficient (Wildman–Crippen LogP) is 1.41. The molecule has 2 aromatic heterocycles. The second-order valence-electron chi connectivity index (χ2n) is 3.47. The summed E-state index contributed by atoms with van der Waals surface area (Å²) >= 11 is 0. The summed E-state index contributed by atoms with van der Waals surface area (Å²) in [4.78, 5) is 4.12. The third-order valence-electron chi connectivity index (χ3n) is 2.11. The Kier molecular flexibility index (Phi) is 2.87. The molecule has 0 aliphatic heterocycles. The van der Waals surface area contributed by atoms with Crippen molar-refractivity contribution in [2.24, 2.45) is 7.05 Å². The molecule has 84 valence electrons. The standard InChI is InChI=1S/C11H13N3O2/c1-8-6-11(14(2)13-8)16-10-5-3-4-9(7-15)12-10/h3-6,15H,7H2,1-2H3. The summed E-state index contributed by atoms with van der Waals surface area (Å²) in [6.45, 7) is 1.80. The summed E-state index contributed by atoms with van der Waals surface area (Å²) in [5.41, 5.74) is 1.47. The van der Waals surface area contributed by atoms with E-state index in [2.05, 4.69) is 10.1 Å². The first kappa shape index (κ1) is 10.6. The molecule has 2 aromatic rings. The van der Waals surface area contributed by atoms with Gasteiger partial charge in [-0.1, -0.05) is 6.07 Å². The van der Waals surface area contributed by atoms with Crippen LogP contribution < -0.4 is 4.74 Å². The molecular weight excluding hydrogens is 206 g/mol. The average molecular weight is 219 g/mol. The number of hydrogen-bond acceptors (Lipinski definition) is 4. The lowest BCUT2D eigenvalue weighted by atomic mass is 10.4. The molecule has 0 unspecified atom stereocenters. The molecule has 0 aliphatic rings. The molecule has 0 bridgehead atoms. The Balaban J connectivity index is 2.23. The quantitative estimate of drug-likeness (QED) is 0.847. The van der Waals surface area contributed by atoms with Crippen molar-refractivity contribution >= 4 is 0 Å². The van der Waals surface area contributed by atoms with Gasteiger partial charge in [0.05, 0.1) is 18.0 Å². The molecule has 0 radical (unpaired) electrons. The second kappa shape index (κ2) is 4.32. The van der Waals surface area contributed by atoms with E-state index in [1.807, 2.05) is 13.0 Å². The average Bonchev–Trinajstić information content (AvgIpc) is 2.58. The number of aliphatic hydroxyl groups is 1. The Hall–Kier alpha value is -1.88. The number of aryl methyl sites for hydroxylation is 2. The van der Waals surface area contributed by atoms with Gasteiger partial charge >= 0.3 is 0 Å². The van der Waals surface area contributed by atoms with Crippen molar-refractivity contribution in [3.05, 3.63) is 35.7 Å². The van der Waals surface area contributed by atoms with E-state index in [4.69, 9.17) is 9.84 Å². The Labute approximate surface area is 93.3 Å². The first-order valence-electron chi connectivity index (χ1n) is 4.94. The highest BCUT2D eigenvalue weighted by Crippen LogP contribution is 2.19. The van der Waals surface area contributed by atoms with Gasteiger partial charge in [0.2, 0.25) is 11.8 Å². The lowest BCUT2D eigenvalue weighted by Crippen LogP contribution is -1.97. The lowest BCUT2D eigenvalue weighted by molar-refractivity contribution is 0.275. The zero-order valence-corrected chi connectivity index (χ0v) is 9.21. The number of nitrogens with zero attached hydrogens (tertiary/aromatic N) is 3. The van der Waals surface area contributed by atoms with E-state index < -0.39 is 0 Å². The maximum absolute atomic E-state index is 8.95. The number of hydrogen-bond donors (Lipinski definition) is 1. The van der Waals surface area contributed by atoms with Gasteiger partial charge in [0, 0.05) is 19.2 Å². The fraction of sp³-hybridized carbons (Fsp3) is 0.273. The van der Waals surface area contributed by atoms with Gasteiger partial charge < -0.3 is 9.84 Å². The Morgan fingerprint density at radius 2 is 2.25 bits per heavy atom. The molecule has 0 fully saturated rings. The molecule has 2 rings (SSSR count). The minimum Gasteiger partial charge on any atom is -0.421 e. The topological polar surface area (TPSA) is 60.2 Å². The Morgan fingerprint density at radius 1 is 1.44 bits per heavy atom. The Bertz CT molecular complexity index is 494. The number of aliphatic hydroxyl groups excluding tert-OH is 1. The van der Waals surface area contributed by atoms with Crippen LogP contribution in [0.5, 0.6) is 11.8 Å². The molecule has 2 heterocycles. The molecule has 0 spiro atoms. The van der Waals surface area contributed by atoms with Gasteiger partial charge in [-0.05, 0) is 13.0 Å². The van der Waals surface area contributed by atoms with E-state index >= 15 is 0 Å². The number of rotatable bonds is 3. The van der Waals surface area contributed by atoms with Crippen molar-refractivity contribution in [3.8, 4) is 11.8 Å². The van der Waals surface area contributed by atoms with E-state index in [9.17, 15) is 0 Å². The minimum absolute atomic E-state index is 0.0956. The molecule has 0 saturated carbocycles. The van der Waals surface area contributed by atoms with E-state index in [0.29, 0.717) is 17.5 Å². The molecule has 0 atom stereocenters. The summed E-state index contributed by atoms with van der Waals surface area (Å²) in [6, 6.07) is 7.09. The number of pyridine rings is 1. The van der Waals surface area contributed by atoms with Crippen LogP contribution in [0.3, 0.4) is 0 Å². The van der Waals surface area contributed by atoms with Crippen LogP contribution in [0.2, 0.25) is 0 Å². The highest BCUT2D eigenvalue weighted by Gasteiger charge is 2.05. The largest absolute Gasteiger partial charge is 0.421 e. The van der Waals surface area contributed by atoms with Gasteiger partial charge in [0.15, 0.2) is 0 Å². The van der Waals surface area contributed by atoms with E-state index in [0.717, 1.165) is 5.69 Å². The van der Waals surface area contributed by atoms with Gasteiger partial charge in [-0.2, -0.15) is 5.10 Å². The molecule has 5 heteroatoms. The molecule has 0 aromatic carbocycles. The predicted molar refractivity (Wildman–Crippen MR) is 58.2 cm³/mol. The zero-order valence-electron chi connectivity index (χ0n) is 9.21. The zero-order chi connectivity index (χ0) is 11.5. The first-order valence-corrected chi connectivity index (χ1v) is 4.94. The van der Waals surface area contributed by atoms with E-state index in [1.54, 1.807) is 29.9 Å². The van der Waals surface area contributed by atoms with Gasteiger partial charge in [-0.3, -0.25) is 0 Å². The van der Waals surface area contributed by atoms with Gasteiger partial charge in [0.25, 0.3) is 0 Å². The molecule has 5 nitrogen and oxygen atoms in total. The maximum atomic E-state index is 8.95. The summed E-state index contributed by atoms with van der Waals surface area (Å²) in [7, 11) is 1.80. The fourth-order valence-electron chi connectivity index (χ4n) is 1.39. The van der Waals surface area contributed by atoms with Crippen LogP contribution in [-0.2, 0) is 13.7 Å². The Morgan fingerprint density at radius 3 is 2.88 bits per heavy atom. The normalized spacial score (nSPS) is 10.4. The number of ether oxygens (including phenoxy) is 1.